The van der Waals surface area contributed by atoms with E-state index in [1.165, 1.54) is 10.7 Å². The maximum Gasteiger partial charge on any atom is 0.263 e. The van der Waals surface area contributed by atoms with Gasteiger partial charge in [-0.1, -0.05) is 19.1 Å². The van der Waals surface area contributed by atoms with Crippen LogP contribution in [0.25, 0.3) is 5.95 Å². The highest BCUT2D eigenvalue weighted by atomic mass is 16.5. The van der Waals surface area contributed by atoms with E-state index in [4.69, 9.17) is 4.74 Å². The number of rotatable bonds is 6. The van der Waals surface area contributed by atoms with Gasteiger partial charge in [0.05, 0.1) is 5.69 Å². The van der Waals surface area contributed by atoms with Gasteiger partial charge < -0.3 is 10.1 Å². The van der Waals surface area contributed by atoms with Crippen LogP contribution in [0.15, 0.2) is 41.2 Å². The molecule has 0 aliphatic heterocycles. The Bertz CT molecular complexity index is 1020. The van der Waals surface area contributed by atoms with Crippen LogP contribution in [0, 0.1) is 13.8 Å². The van der Waals surface area contributed by atoms with E-state index in [-0.39, 0.29) is 24.0 Å². The standard InChI is InChI=1S/C19H21N5O3/c1-4-14-10-17(25)22-19(20-14)24-16(9-13(3)23-24)21-18(26)11-27-15-7-5-6-12(2)8-15/h5-10H,4,11H2,1-3H3,(H,21,26)(H,20,22,25). The highest BCUT2D eigenvalue weighted by molar-refractivity contribution is 5.91. The summed E-state index contributed by atoms with van der Waals surface area (Å²) in [5, 5.41) is 7.05. The molecule has 0 saturated heterocycles. The van der Waals surface area contributed by atoms with Crippen LogP contribution in [0.3, 0.4) is 0 Å². The van der Waals surface area contributed by atoms with Gasteiger partial charge in [-0.05, 0) is 38.0 Å². The van der Waals surface area contributed by atoms with Crippen LogP contribution in [0.5, 0.6) is 5.75 Å². The van der Waals surface area contributed by atoms with Crippen molar-refractivity contribution in [1.82, 2.24) is 19.7 Å². The molecule has 0 fully saturated rings. The number of aryl methyl sites for hydroxylation is 3. The lowest BCUT2D eigenvalue weighted by Gasteiger charge is -2.10. The smallest absolute Gasteiger partial charge is 0.263 e. The Kier molecular flexibility index (Phi) is 5.35. The van der Waals surface area contributed by atoms with Crippen molar-refractivity contribution < 1.29 is 9.53 Å². The molecule has 3 rings (SSSR count). The van der Waals surface area contributed by atoms with Crippen molar-refractivity contribution in [1.29, 1.82) is 0 Å². The Hall–Kier alpha value is -3.42. The van der Waals surface area contributed by atoms with Crippen LogP contribution in [0.2, 0.25) is 0 Å². The first-order chi connectivity index (χ1) is 12.9. The molecular formula is C19H21N5O3. The summed E-state index contributed by atoms with van der Waals surface area (Å²) in [5.74, 6) is 0.937. The Morgan fingerprint density at radius 1 is 1.26 bits per heavy atom. The number of benzene rings is 1. The molecule has 1 aromatic carbocycles. The van der Waals surface area contributed by atoms with Crippen LogP contribution >= 0.6 is 0 Å². The Balaban J connectivity index is 1.77. The molecule has 8 heteroatoms. The molecule has 3 aromatic rings. The molecule has 27 heavy (non-hydrogen) atoms. The van der Waals surface area contributed by atoms with Crippen molar-refractivity contribution >= 4 is 11.7 Å². The fraction of sp³-hybridized carbons (Fsp3) is 0.263. The van der Waals surface area contributed by atoms with Crippen molar-refractivity contribution in [3.05, 3.63) is 63.7 Å². The number of hydrogen-bond acceptors (Lipinski definition) is 5. The number of nitrogens with zero attached hydrogens (tertiary/aromatic N) is 3. The maximum absolute atomic E-state index is 12.3. The van der Waals surface area contributed by atoms with Gasteiger partial charge in [0.15, 0.2) is 6.61 Å². The summed E-state index contributed by atoms with van der Waals surface area (Å²) in [5.41, 5.74) is 2.09. The van der Waals surface area contributed by atoms with Crippen molar-refractivity contribution in [2.24, 2.45) is 0 Å². The molecule has 0 radical (unpaired) electrons. The molecule has 0 aliphatic carbocycles. The van der Waals surface area contributed by atoms with Gasteiger partial charge in [0.2, 0.25) is 5.95 Å². The van der Waals surface area contributed by atoms with E-state index >= 15 is 0 Å². The summed E-state index contributed by atoms with van der Waals surface area (Å²) in [6.07, 6.45) is 0.614. The highest BCUT2D eigenvalue weighted by Crippen LogP contribution is 2.15. The summed E-state index contributed by atoms with van der Waals surface area (Å²) in [6, 6.07) is 10.6. The summed E-state index contributed by atoms with van der Waals surface area (Å²) in [7, 11) is 0. The van der Waals surface area contributed by atoms with Crippen LogP contribution in [0.1, 0.15) is 23.9 Å². The lowest BCUT2D eigenvalue weighted by molar-refractivity contribution is -0.118. The number of ether oxygens (including phenoxy) is 1. The van der Waals surface area contributed by atoms with Crippen LogP contribution in [-0.4, -0.2) is 32.3 Å². The minimum Gasteiger partial charge on any atom is -0.484 e. The van der Waals surface area contributed by atoms with Crippen LogP contribution < -0.4 is 15.6 Å². The third-order valence-electron chi connectivity index (χ3n) is 3.80. The number of nitrogens with one attached hydrogen (secondary N) is 2. The van der Waals surface area contributed by atoms with Gasteiger partial charge in [0.1, 0.15) is 11.6 Å². The van der Waals surface area contributed by atoms with E-state index < -0.39 is 0 Å². The molecule has 2 aromatic heterocycles. The monoisotopic (exact) mass is 367 g/mol. The van der Waals surface area contributed by atoms with Crippen molar-refractivity contribution in [2.75, 3.05) is 11.9 Å². The number of carbonyl (C=O) groups is 1. The third-order valence-corrected chi connectivity index (χ3v) is 3.80. The fourth-order valence-electron chi connectivity index (χ4n) is 2.56. The van der Waals surface area contributed by atoms with E-state index in [0.717, 1.165) is 5.56 Å². The van der Waals surface area contributed by atoms with Crippen molar-refractivity contribution in [2.45, 2.75) is 27.2 Å². The predicted molar refractivity (Wildman–Crippen MR) is 101 cm³/mol. The molecule has 0 spiro atoms. The molecule has 2 N–H and O–H groups in total. The van der Waals surface area contributed by atoms with Crippen molar-refractivity contribution in [3.63, 3.8) is 0 Å². The van der Waals surface area contributed by atoms with E-state index in [2.05, 4.69) is 20.4 Å². The molecule has 140 valence electrons. The zero-order valence-corrected chi connectivity index (χ0v) is 15.4. The highest BCUT2D eigenvalue weighted by Gasteiger charge is 2.14. The molecule has 0 atom stereocenters. The fourth-order valence-corrected chi connectivity index (χ4v) is 2.56. The third kappa shape index (κ3) is 4.60. The predicted octanol–water partition coefficient (Wildman–Crippen LogP) is 2.15. The summed E-state index contributed by atoms with van der Waals surface area (Å²) in [4.78, 5) is 31.1. The molecule has 8 nitrogen and oxygen atoms in total. The van der Waals surface area contributed by atoms with Gasteiger partial charge >= 0.3 is 0 Å². The lowest BCUT2D eigenvalue weighted by Crippen LogP contribution is -2.23. The Labute approximate surface area is 156 Å². The second-order valence-electron chi connectivity index (χ2n) is 6.15. The molecule has 0 bridgehead atoms. The van der Waals surface area contributed by atoms with E-state index in [0.29, 0.717) is 29.4 Å². The number of carbonyl (C=O) groups excluding carboxylic acids is 1. The minimum absolute atomic E-state index is 0.146. The quantitative estimate of drug-likeness (QED) is 0.695. The minimum atomic E-state index is -0.341. The molecule has 2 heterocycles. The van der Waals surface area contributed by atoms with Gasteiger partial charge in [-0.25, -0.2) is 4.98 Å². The number of anilines is 1. The van der Waals surface area contributed by atoms with Gasteiger partial charge in [-0.3, -0.25) is 14.6 Å². The van der Waals surface area contributed by atoms with Gasteiger partial charge in [-0.15, -0.1) is 0 Å². The zero-order valence-electron chi connectivity index (χ0n) is 15.4. The van der Waals surface area contributed by atoms with Gasteiger partial charge in [-0.2, -0.15) is 9.78 Å². The van der Waals surface area contributed by atoms with Gasteiger partial charge in [0, 0.05) is 17.8 Å². The molecule has 0 unspecified atom stereocenters. The van der Waals surface area contributed by atoms with E-state index in [9.17, 15) is 9.59 Å². The second-order valence-corrected chi connectivity index (χ2v) is 6.15. The SMILES string of the molecule is CCc1cc(=O)[nH]c(-n2nc(C)cc2NC(=O)COc2cccc(C)c2)n1. The first kappa shape index (κ1) is 18.4. The summed E-state index contributed by atoms with van der Waals surface area (Å²) >= 11 is 0. The second kappa shape index (κ2) is 7.86. The number of H-pyrrole nitrogens is 1. The normalized spacial score (nSPS) is 10.6. The van der Waals surface area contributed by atoms with Crippen molar-refractivity contribution in [3.8, 4) is 11.7 Å². The number of amides is 1. The molecule has 0 saturated carbocycles. The zero-order chi connectivity index (χ0) is 19.4. The van der Waals surface area contributed by atoms with Crippen LogP contribution in [0.4, 0.5) is 5.82 Å². The topological polar surface area (TPSA) is 102 Å². The lowest BCUT2D eigenvalue weighted by atomic mass is 10.2. The summed E-state index contributed by atoms with van der Waals surface area (Å²) < 4.78 is 6.92. The number of aromatic amines is 1. The van der Waals surface area contributed by atoms with Crippen LogP contribution in [-0.2, 0) is 11.2 Å². The Morgan fingerprint density at radius 2 is 2.07 bits per heavy atom. The number of hydrogen-bond donors (Lipinski definition) is 2. The molecular weight excluding hydrogens is 346 g/mol. The van der Waals surface area contributed by atoms with E-state index in [1.54, 1.807) is 19.1 Å². The number of aromatic nitrogens is 4. The first-order valence-corrected chi connectivity index (χ1v) is 8.61. The van der Waals surface area contributed by atoms with E-state index in [1.807, 2.05) is 32.0 Å². The van der Waals surface area contributed by atoms with Gasteiger partial charge in [0.25, 0.3) is 11.5 Å². The largest absolute Gasteiger partial charge is 0.484 e. The average Bonchev–Trinajstić information content (AvgIpc) is 2.99. The molecule has 0 aliphatic rings. The summed E-state index contributed by atoms with van der Waals surface area (Å²) in [6.45, 7) is 5.50. The average molecular weight is 367 g/mol. The maximum atomic E-state index is 12.3. The molecule has 1 amide bonds. The first-order valence-electron chi connectivity index (χ1n) is 8.61. The Morgan fingerprint density at radius 3 is 2.81 bits per heavy atom.